The highest BCUT2D eigenvalue weighted by Gasteiger charge is 2.54. The molecule has 1 amide bonds. The Hall–Kier alpha value is -2.70. The van der Waals surface area contributed by atoms with E-state index in [0.29, 0.717) is 18.0 Å². The fourth-order valence-corrected chi connectivity index (χ4v) is 6.05. The highest BCUT2D eigenvalue weighted by molar-refractivity contribution is 6.21. The second-order valence-corrected chi connectivity index (χ2v) is 9.94. The smallest absolute Gasteiger partial charge is 0.231 e. The van der Waals surface area contributed by atoms with Crippen LogP contribution in [-0.2, 0) is 4.79 Å². The van der Waals surface area contributed by atoms with Crippen LogP contribution in [0.1, 0.15) is 30.9 Å². The summed E-state index contributed by atoms with van der Waals surface area (Å²) in [6.07, 6.45) is 2.92. The summed E-state index contributed by atoms with van der Waals surface area (Å²) in [4.78, 5) is 16.5. The Morgan fingerprint density at radius 2 is 2.15 bits per heavy atom. The van der Waals surface area contributed by atoms with Gasteiger partial charge in [-0.25, -0.2) is 18.4 Å². The van der Waals surface area contributed by atoms with E-state index >= 15 is 4.39 Å². The lowest BCUT2D eigenvalue weighted by molar-refractivity contribution is -0.117. The van der Waals surface area contributed by atoms with Crippen LogP contribution in [0.4, 0.5) is 14.6 Å². The molecule has 3 aromatic rings. The van der Waals surface area contributed by atoms with Gasteiger partial charge in [0, 0.05) is 30.6 Å². The van der Waals surface area contributed by atoms with Gasteiger partial charge < -0.3 is 9.72 Å². The van der Waals surface area contributed by atoms with Crippen molar-refractivity contribution < 1.29 is 13.6 Å². The first-order valence-electron chi connectivity index (χ1n) is 11.3. The van der Waals surface area contributed by atoms with E-state index in [9.17, 15) is 9.18 Å². The van der Waals surface area contributed by atoms with Gasteiger partial charge in [-0.2, -0.15) is 0 Å². The first kappa shape index (κ1) is 21.8. The van der Waals surface area contributed by atoms with E-state index in [1.165, 1.54) is 6.33 Å². The van der Waals surface area contributed by atoms with Gasteiger partial charge in [0.15, 0.2) is 5.82 Å². The molecular weight excluding hydrogens is 468 g/mol. The second kappa shape index (κ2) is 8.21. The molecule has 3 aromatic heterocycles. The molecule has 1 saturated heterocycles. The molecule has 0 radical (unpaired) electrons. The molecule has 3 fully saturated rings. The fraction of sp³-hybridized carbons (Fsp3) is 0.571. The van der Waals surface area contributed by atoms with Crippen LogP contribution in [0, 0.1) is 17.8 Å². The summed E-state index contributed by atoms with van der Waals surface area (Å²) in [5.41, 5.74) is 7.94. The third kappa shape index (κ3) is 3.55. The summed E-state index contributed by atoms with van der Waals surface area (Å²) < 4.78 is 32.4. The predicted octanol–water partition coefficient (Wildman–Crippen LogP) is 1.63. The lowest BCUT2D eigenvalue weighted by Crippen LogP contribution is -2.55. The van der Waals surface area contributed by atoms with Crippen LogP contribution in [0.2, 0.25) is 0 Å². The molecule has 9 atom stereocenters. The SMILES string of the molecule is CC(C1C(F)C(Cl)C(c2ccc3nc(NC(=O)[C@@H]4C[C@@H]4F)cn3c2)C2CNNC21)n1cnnn1. The number of nitrogens with zero attached hydrogens (tertiary/aromatic N) is 6. The van der Waals surface area contributed by atoms with E-state index < -0.39 is 29.6 Å². The van der Waals surface area contributed by atoms with Gasteiger partial charge in [0.25, 0.3) is 0 Å². The van der Waals surface area contributed by atoms with Crippen LogP contribution in [-0.4, -0.2) is 65.8 Å². The molecule has 34 heavy (non-hydrogen) atoms. The summed E-state index contributed by atoms with van der Waals surface area (Å²) in [5.74, 6) is -1.25. The molecule has 0 bridgehead atoms. The number of aromatic nitrogens is 6. The van der Waals surface area contributed by atoms with Crippen LogP contribution < -0.4 is 16.2 Å². The van der Waals surface area contributed by atoms with Crippen LogP contribution >= 0.6 is 11.6 Å². The number of carbonyl (C=O) groups is 1. The summed E-state index contributed by atoms with van der Waals surface area (Å²) in [5, 5.41) is 13.2. The van der Waals surface area contributed by atoms with E-state index in [1.54, 1.807) is 15.3 Å². The molecular formula is C21H24ClF2N9O. The Labute approximate surface area is 198 Å². The van der Waals surface area contributed by atoms with Gasteiger partial charge in [0.05, 0.1) is 23.5 Å². The zero-order valence-electron chi connectivity index (χ0n) is 18.2. The average molecular weight is 492 g/mol. The van der Waals surface area contributed by atoms with Crippen molar-refractivity contribution in [3.63, 3.8) is 0 Å². The molecule has 10 nitrogen and oxygen atoms in total. The first-order valence-corrected chi connectivity index (χ1v) is 11.8. The number of fused-ring (bicyclic) bond motifs is 2. The van der Waals surface area contributed by atoms with Crippen LogP contribution in [0.5, 0.6) is 0 Å². The monoisotopic (exact) mass is 491 g/mol. The van der Waals surface area contributed by atoms with E-state index in [1.807, 2.05) is 25.3 Å². The average Bonchev–Trinajstić information content (AvgIpc) is 3.26. The Bertz CT molecular complexity index is 1210. The topological polar surface area (TPSA) is 114 Å². The lowest BCUT2D eigenvalue weighted by atomic mass is 9.66. The van der Waals surface area contributed by atoms with Gasteiger partial charge in [0.1, 0.15) is 24.3 Å². The van der Waals surface area contributed by atoms with E-state index in [4.69, 9.17) is 11.6 Å². The van der Waals surface area contributed by atoms with Gasteiger partial charge in [-0.3, -0.25) is 15.6 Å². The fourth-order valence-electron chi connectivity index (χ4n) is 5.55. The molecule has 3 aliphatic rings. The van der Waals surface area contributed by atoms with Crippen molar-refractivity contribution in [2.45, 2.75) is 49.1 Å². The molecule has 2 saturated carbocycles. The zero-order valence-corrected chi connectivity index (χ0v) is 19.0. The molecule has 0 aromatic carbocycles. The van der Waals surface area contributed by atoms with E-state index in [-0.39, 0.29) is 36.2 Å². The number of hydrazine groups is 1. The molecule has 4 heterocycles. The molecule has 1 aliphatic heterocycles. The molecule has 13 heteroatoms. The van der Waals surface area contributed by atoms with Crippen LogP contribution in [0.15, 0.2) is 30.9 Å². The quantitative estimate of drug-likeness (QED) is 0.465. The number of rotatable bonds is 5. The van der Waals surface area contributed by atoms with Gasteiger partial charge in [-0.05, 0) is 41.3 Å². The second-order valence-electron chi connectivity index (χ2n) is 9.44. The molecule has 6 rings (SSSR count). The number of anilines is 1. The number of amides is 1. The maximum Gasteiger partial charge on any atom is 0.231 e. The maximum absolute atomic E-state index is 15.9. The zero-order chi connectivity index (χ0) is 23.6. The molecule has 2 aliphatic carbocycles. The van der Waals surface area contributed by atoms with Crippen LogP contribution in [0.25, 0.3) is 5.65 Å². The van der Waals surface area contributed by atoms with E-state index in [0.717, 1.165) is 5.56 Å². The minimum Gasteiger partial charge on any atom is -0.309 e. The molecule has 3 N–H and O–H groups in total. The summed E-state index contributed by atoms with van der Waals surface area (Å²) in [7, 11) is 0. The number of carbonyl (C=O) groups excluding carboxylic acids is 1. The number of alkyl halides is 3. The van der Waals surface area contributed by atoms with Crippen molar-refractivity contribution >= 4 is 29.0 Å². The Morgan fingerprint density at radius 1 is 1.32 bits per heavy atom. The number of pyridine rings is 1. The summed E-state index contributed by atoms with van der Waals surface area (Å²) in [6, 6.07) is 3.26. The highest BCUT2D eigenvalue weighted by atomic mass is 35.5. The first-order chi connectivity index (χ1) is 16.4. The van der Waals surface area contributed by atoms with Crippen molar-refractivity contribution in [1.29, 1.82) is 0 Å². The number of hydrogen-bond acceptors (Lipinski definition) is 7. The van der Waals surface area contributed by atoms with Crippen molar-refractivity contribution in [1.82, 2.24) is 40.4 Å². The molecule has 180 valence electrons. The van der Waals surface area contributed by atoms with Gasteiger partial charge in [-0.15, -0.1) is 16.7 Å². The standard InChI is InChI=1S/C21H24ClF2N9O/c1-9(33-8-26-30-31-33)16-19(24)18(22)17(12-5-25-29-20(12)16)10-2-3-15-27-14(7-32(15)6-10)28-21(34)11-4-13(11)23/h2-3,6-9,11-13,16-20,25,29H,4-5H2,1H3,(H,28,34)/t9?,11-,12?,13+,16?,17?,18?,19?,20?/m1/s1. The van der Waals surface area contributed by atoms with Crippen LogP contribution in [0.3, 0.4) is 0 Å². The summed E-state index contributed by atoms with van der Waals surface area (Å²) >= 11 is 6.81. The Kier molecular flexibility index (Phi) is 5.26. The van der Waals surface area contributed by atoms with Gasteiger partial charge >= 0.3 is 0 Å². The number of nitrogens with one attached hydrogen (secondary N) is 3. The summed E-state index contributed by atoms with van der Waals surface area (Å²) in [6.45, 7) is 2.54. The third-order valence-corrected chi connectivity index (χ3v) is 7.97. The normalized spacial score (nSPS) is 35.8. The number of halogens is 3. The Morgan fingerprint density at radius 3 is 2.88 bits per heavy atom. The Balaban J connectivity index is 1.28. The van der Waals surface area contributed by atoms with Crippen molar-refractivity contribution in [2.75, 3.05) is 11.9 Å². The number of tetrazole rings is 1. The highest BCUT2D eigenvalue weighted by Crippen LogP contribution is 2.48. The predicted molar refractivity (Wildman–Crippen MR) is 119 cm³/mol. The van der Waals surface area contributed by atoms with Gasteiger partial charge in [-0.1, -0.05) is 6.07 Å². The molecule has 7 unspecified atom stereocenters. The largest absolute Gasteiger partial charge is 0.309 e. The van der Waals surface area contributed by atoms with Crippen molar-refractivity contribution in [2.24, 2.45) is 17.8 Å². The van der Waals surface area contributed by atoms with Crippen molar-refractivity contribution in [3.05, 3.63) is 36.4 Å². The minimum absolute atomic E-state index is 0.0370. The lowest BCUT2D eigenvalue weighted by Gasteiger charge is -2.45. The van der Waals surface area contributed by atoms with Gasteiger partial charge in [0.2, 0.25) is 5.91 Å². The van der Waals surface area contributed by atoms with Crippen molar-refractivity contribution in [3.8, 4) is 0 Å². The minimum atomic E-state index is -1.31. The number of imidazole rings is 1. The molecule has 0 spiro atoms. The third-order valence-electron chi connectivity index (χ3n) is 7.46. The maximum atomic E-state index is 15.9. The number of hydrogen-bond donors (Lipinski definition) is 3. The van der Waals surface area contributed by atoms with E-state index in [2.05, 4.69) is 36.7 Å².